The lowest BCUT2D eigenvalue weighted by Gasteiger charge is -2.25. The molecule has 6 rings (SSSR count). The van der Waals surface area contributed by atoms with Crippen LogP contribution in [0.1, 0.15) is 35.2 Å². The van der Waals surface area contributed by atoms with E-state index in [9.17, 15) is 9.18 Å². The third-order valence-corrected chi connectivity index (χ3v) is 7.45. The molecular formula is C24H20BrFN6O. The number of carbonyl (C=O) groups is 1. The fraction of sp³-hybridized carbons (Fsp3) is 0.292. The Labute approximate surface area is 197 Å². The number of amides is 1. The van der Waals surface area contributed by atoms with Crippen LogP contribution in [0.2, 0.25) is 0 Å². The van der Waals surface area contributed by atoms with Gasteiger partial charge in [0.25, 0.3) is 5.91 Å². The van der Waals surface area contributed by atoms with Gasteiger partial charge in [0.1, 0.15) is 22.4 Å². The van der Waals surface area contributed by atoms with Gasteiger partial charge < -0.3 is 4.90 Å². The number of benzene rings is 1. The van der Waals surface area contributed by atoms with Crippen LogP contribution in [0.3, 0.4) is 0 Å². The van der Waals surface area contributed by atoms with Gasteiger partial charge in [0.2, 0.25) is 0 Å². The monoisotopic (exact) mass is 506 g/mol. The SMILES string of the molecule is O=C(c1cccc(F)c1-c1ncccn1)N1C2CCC1C(Cc1cncn3c(Br)cnc13)C2. The maximum atomic E-state index is 14.8. The molecule has 33 heavy (non-hydrogen) atoms. The Morgan fingerprint density at radius 2 is 1.97 bits per heavy atom. The first-order valence-electron chi connectivity index (χ1n) is 11.0. The number of hydrogen-bond acceptors (Lipinski definition) is 5. The van der Waals surface area contributed by atoms with E-state index in [4.69, 9.17) is 0 Å². The van der Waals surface area contributed by atoms with Crippen LogP contribution in [0.5, 0.6) is 0 Å². The lowest BCUT2D eigenvalue weighted by molar-refractivity contribution is 0.0719. The first-order chi connectivity index (χ1) is 16.1. The highest BCUT2D eigenvalue weighted by Gasteiger charge is 2.49. The molecule has 0 spiro atoms. The molecule has 3 aromatic heterocycles. The summed E-state index contributed by atoms with van der Waals surface area (Å²) in [5.74, 6) is -0.101. The first kappa shape index (κ1) is 20.4. The summed E-state index contributed by atoms with van der Waals surface area (Å²) in [7, 11) is 0. The van der Waals surface area contributed by atoms with E-state index in [1.807, 2.05) is 15.5 Å². The van der Waals surface area contributed by atoms with Crippen molar-refractivity contribution >= 4 is 27.5 Å². The number of hydrogen-bond donors (Lipinski definition) is 0. The second-order valence-corrected chi connectivity index (χ2v) is 9.45. The zero-order valence-electron chi connectivity index (χ0n) is 17.6. The Kier molecular flexibility index (Phi) is 4.94. The van der Waals surface area contributed by atoms with E-state index in [2.05, 4.69) is 35.9 Å². The second-order valence-electron chi connectivity index (χ2n) is 8.64. The Hall–Kier alpha value is -3.20. The summed E-state index contributed by atoms with van der Waals surface area (Å²) in [6.45, 7) is 0. The van der Waals surface area contributed by atoms with E-state index >= 15 is 0 Å². The zero-order chi connectivity index (χ0) is 22.5. The molecule has 0 saturated carbocycles. The van der Waals surface area contributed by atoms with Gasteiger partial charge in [-0.1, -0.05) is 6.07 Å². The van der Waals surface area contributed by atoms with Crippen molar-refractivity contribution in [2.75, 3.05) is 0 Å². The van der Waals surface area contributed by atoms with Crippen molar-refractivity contribution < 1.29 is 9.18 Å². The van der Waals surface area contributed by atoms with Crippen molar-refractivity contribution in [3.05, 3.63) is 76.9 Å². The third kappa shape index (κ3) is 3.33. The number of imidazole rings is 1. The van der Waals surface area contributed by atoms with Crippen molar-refractivity contribution in [3.63, 3.8) is 0 Å². The summed E-state index contributed by atoms with van der Waals surface area (Å²) in [6, 6.07) is 6.53. The summed E-state index contributed by atoms with van der Waals surface area (Å²) >= 11 is 3.50. The standard InChI is InChI=1S/C24H20BrFN6O/c25-20-12-30-23-15(11-27-13-31(20)23)9-14-10-16-5-6-19(14)32(16)24(33)17-3-1-4-18(26)21(17)22-28-7-2-8-29-22/h1-4,7-8,11-14,16,19H,5-6,9-10H2. The van der Waals surface area contributed by atoms with Gasteiger partial charge in [0, 0.05) is 36.2 Å². The lowest BCUT2D eigenvalue weighted by Crippen LogP contribution is -2.37. The number of carbonyl (C=O) groups excluding carboxylic acids is 1. The smallest absolute Gasteiger partial charge is 0.255 e. The van der Waals surface area contributed by atoms with Crippen molar-refractivity contribution in [2.45, 2.75) is 37.8 Å². The van der Waals surface area contributed by atoms with E-state index in [0.29, 0.717) is 11.5 Å². The highest BCUT2D eigenvalue weighted by molar-refractivity contribution is 9.10. The fourth-order valence-electron chi connectivity index (χ4n) is 5.51. The van der Waals surface area contributed by atoms with Crippen LogP contribution < -0.4 is 0 Å². The fourth-order valence-corrected chi connectivity index (χ4v) is 5.87. The van der Waals surface area contributed by atoms with Crippen LogP contribution in [-0.2, 0) is 6.42 Å². The molecule has 7 nitrogen and oxygen atoms in total. The molecule has 0 N–H and O–H groups in total. The maximum Gasteiger partial charge on any atom is 0.255 e. The first-order valence-corrected chi connectivity index (χ1v) is 11.7. The van der Waals surface area contributed by atoms with Gasteiger partial charge in [-0.25, -0.2) is 24.3 Å². The van der Waals surface area contributed by atoms with Crippen molar-refractivity contribution in [3.8, 4) is 11.4 Å². The average molecular weight is 507 g/mol. The third-order valence-electron chi connectivity index (χ3n) is 6.87. The maximum absolute atomic E-state index is 14.8. The molecule has 2 bridgehead atoms. The number of aromatic nitrogens is 5. The molecule has 2 aliphatic rings. The molecule has 2 fully saturated rings. The Morgan fingerprint density at radius 1 is 1.12 bits per heavy atom. The molecule has 3 unspecified atom stereocenters. The van der Waals surface area contributed by atoms with Gasteiger partial charge in [-0.15, -0.1) is 0 Å². The molecule has 1 aromatic carbocycles. The molecule has 9 heteroatoms. The van der Waals surface area contributed by atoms with E-state index in [0.717, 1.165) is 41.5 Å². The molecule has 1 amide bonds. The van der Waals surface area contributed by atoms with Crippen molar-refractivity contribution in [1.29, 1.82) is 0 Å². The normalized spacial score (nSPS) is 21.8. The summed E-state index contributed by atoms with van der Waals surface area (Å²) in [5, 5.41) is 0. The summed E-state index contributed by atoms with van der Waals surface area (Å²) in [4.78, 5) is 33.0. The molecule has 3 atom stereocenters. The van der Waals surface area contributed by atoms with Crippen molar-refractivity contribution in [1.82, 2.24) is 29.2 Å². The van der Waals surface area contributed by atoms with E-state index < -0.39 is 5.82 Å². The quantitative estimate of drug-likeness (QED) is 0.411. The van der Waals surface area contributed by atoms with Crippen LogP contribution >= 0.6 is 15.9 Å². The van der Waals surface area contributed by atoms with Gasteiger partial charge in [-0.05, 0) is 65.7 Å². The molecule has 166 valence electrons. The molecule has 2 aliphatic heterocycles. The Morgan fingerprint density at radius 3 is 2.82 bits per heavy atom. The van der Waals surface area contributed by atoms with E-state index in [1.54, 1.807) is 43.1 Å². The molecule has 0 aliphatic carbocycles. The Balaban J connectivity index is 1.32. The lowest BCUT2D eigenvalue weighted by atomic mass is 9.85. The number of rotatable bonds is 4. The van der Waals surface area contributed by atoms with Gasteiger partial charge in [-0.2, -0.15) is 0 Å². The van der Waals surface area contributed by atoms with Crippen LogP contribution in [0.15, 0.2) is 60.0 Å². The van der Waals surface area contributed by atoms with Gasteiger partial charge in [-0.3, -0.25) is 9.20 Å². The summed E-state index contributed by atoms with van der Waals surface area (Å²) < 4.78 is 17.6. The predicted octanol–water partition coefficient (Wildman–Crippen LogP) is 4.32. The highest BCUT2D eigenvalue weighted by Crippen LogP contribution is 2.44. The molecular weight excluding hydrogens is 487 g/mol. The van der Waals surface area contributed by atoms with E-state index in [1.165, 1.54) is 6.07 Å². The minimum absolute atomic E-state index is 0.106. The van der Waals surface area contributed by atoms with Crippen LogP contribution in [0.25, 0.3) is 17.0 Å². The number of fused-ring (bicyclic) bond motifs is 3. The van der Waals surface area contributed by atoms with Gasteiger partial charge in [0.05, 0.1) is 17.3 Å². The van der Waals surface area contributed by atoms with Gasteiger partial charge in [0.15, 0.2) is 5.82 Å². The molecule has 0 radical (unpaired) electrons. The topological polar surface area (TPSA) is 76.3 Å². The minimum Gasteiger partial charge on any atom is -0.332 e. The minimum atomic E-state index is -0.488. The van der Waals surface area contributed by atoms with Crippen LogP contribution in [-0.4, -0.2) is 47.2 Å². The molecule has 2 saturated heterocycles. The average Bonchev–Trinajstić information content (AvgIpc) is 3.52. The van der Waals surface area contributed by atoms with Gasteiger partial charge >= 0.3 is 0 Å². The molecule has 4 aromatic rings. The Bertz CT molecular complexity index is 1360. The van der Waals surface area contributed by atoms with Crippen LogP contribution in [0.4, 0.5) is 4.39 Å². The number of halogens is 2. The predicted molar refractivity (Wildman–Crippen MR) is 123 cm³/mol. The van der Waals surface area contributed by atoms with Crippen molar-refractivity contribution in [2.24, 2.45) is 5.92 Å². The van der Waals surface area contributed by atoms with Crippen LogP contribution in [0, 0.1) is 11.7 Å². The summed E-state index contributed by atoms with van der Waals surface area (Å²) in [5.41, 5.74) is 2.44. The number of nitrogens with zero attached hydrogens (tertiary/aromatic N) is 6. The summed E-state index contributed by atoms with van der Waals surface area (Å²) in [6.07, 6.45) is 12.1. The van der Waals surface area contributed by atoms with E-state index in [-0.39, 0.29) is 29.4 Å². The molecule has 5 heterocycles. The zero-order valence-corrected chi connectivity index (χ0v) is 19.2. The largest absolute Gasteiger partial charge is 0.332 e. The highest BCUT2D eigenvalue weighted by atomic mass is 79.9. The second kappa shape index (κ2) is 7.98.